The maximum atomic E-state index is 13.3. The Morgan fingerprint density at radius 3 is 2.59 bits per heavy atom. The van der Waals surface area contributed by atoms with Gasteiger partial charge in [-0.1, -0.05) is 12.0 Å². The summed E-state index contributed by atoms with van der Waals surface area (Å²) in [6.45, 7) is 9.84. The second kappa shape index (κ2) is 4.07. The van der Waals surface area contributed by atoms with Crippen molar-refractivity contribution < 1.29 is 4.39 Å². The van der Waals surface area contributed by atoms with E-state index in [0.717, 1.165) is 12.8 Å². The van der Waals surface area contributed by atoms with Crippen molar-refractivity contribution in [3.8, 4) is 12.3 Å². The summed E-state index contributed by atoms with van der Waals surface area (Å²) in [5.74, 6) is 2.47. The van der Waals surface area contributed by atoms with Gasteiger partial charge in [-0.2, -0.15) is 0 Å². The number of hydrogen-bond acceptors (Lipinski definition) is 1. The normalized spacial score (nSPS) is 15.5. The molecule has 0 heterocycles. The zero-order valence-electron chi connectivity index (χ0n) is 10.2. The lowest BCUT2D eigenvalue weighted by molar-refractivity contribution is 0.568. The van der Waals surface area contributed by atoms with Crippen LogP contribution in [-0.2, 0) is 0 Å². The van der Waals surface area contributed by atoms with E-state index in [0.29, 0.717) is 17.3 Å². The van der Waals surface area contributed by atoms with Gasteiger partial charge in [-0.15, -0.1) is 6.42 Å². The van der Waals surface area contributed by atoms with Crippen molar-refractivity contribution in [3.63, 3.8) is 0 Å². The number of benzene rings is 1. The first-order valence-corrected chi connectivity index (χ1v) is 5.78. The Kier molecular flexibility index (Phi) is 2.87. The molecule has 88 valence electrons. The summed E-state index contributed by atoms with van der Waals surface area (Å²) in [6.07, 6.45) is 7.74. The van der Waals surface area contributed by atoms with Gasteiger partial charge in [0, 0.05) is 18.7 Å². The van der Waals surface area contributed by atoms with Crippen molar-refractivity contribution in [3.05, 3.63) is 36.5 Å². The molecule has 1 aromatic rings. The van der Waals surface area contributed by atoms with Gasteiger partial charge in [-0.25, -0.2) is 4.39 Å². The number of terminal acetylenes is 1. The van der Waals surface area contributed by atoms with Crippen LogP contribution in [0.2, 0.25) is 0 Å². The molecule has 0 saturated heterocycles. The Balaban J connectivity index is 2.47. The lowest BCUT2D eigenvalue weighted by Crippen LogP contribution is -2.45. The highest BCUT2D eigenvalue weighted by Crippen LogP contribution is 2.38. The van der Waals surface area contributed by atoms with Gasteiger partial charge in [0.15, 0.2) is 0 Å². The van der Waals surface area contributed by atoms with Crippen LogP contribution in [0.3, 0.4) is 0 Å². The van der Waals surface area contributed by atoms with E-state index in [2.05, 4.69) is 10.8 Å². The maximum Gasteiger partial charge on any atom is 0.125 e. The average Bonchev–Trinajstić information content (AvgIpc) is 3.07. The van der Waals surface area contributed by atoms with Crippen LogP contribution in [0.25, 0.3) is 0 Å². The molecule has 2 heteroatoms. The summed E-state index contributed by atoms with van der Waals surface area (Å²) in [5, 5.41) is 0. The van der Waals surface area contributed by atoms with E-state index in [4.69, 9.17) is 13.3 Å². The summed E-state index contributed by atoms with van der Waals surface area (Å²) in [6, 6.07) is 4.80. The number of halogens is 1. The van der Waals surface area contributed by atoms with Gasteiger partial charge >= 0.3 is 0 Å². The first-order chi connectivity index (χ1) is 7.95. The zero-order valence-corrected chi connectivity index (χ0v) is 10.2. The molecule has 0 unspecified atom stereocenters. The number of anilines is 1. The van der Waals surface area contributed by atoms with Crippen LogP contribution in [0.4, 0.5) is 10.1 Å². The minimum Gasteiger partial charge on any atom is -0.352 e. The van der Waals surface area contributed by atoms with Gasteiger partial charge in [0.25, 0.3) is 0 Å². The Morgan fingerprint density at radius 2 is 2.06 bits per heavy atom. The highest BCUT2D eigenvalue weighted by molar-refractivity contribution is 5.60. The predicted octanol–water partition coefficient (Wildman–Crippen LogP) is 3.27. The number of nitrogens with zero attached hydrogens (tertiary/aromatic N) is 1. The van der Waals surface area contributed by atoms with E-state index in [1.54, 1.807) is 6.07 Å². The van der Waals surface area contributed by atoms with Gasteiger partial charge in [0.1, 0.15) is 5.82 Å². The Morgan fingerprint density at radius 1 is 1.41 bits per heavy atom. The largest absolute Gasteiger partial charge is 0.352 e. The van der Waals surface area contributed by atoms with Crippen LogP contribution in [0.15, 0.2) is 18.2 Å². The Hall–Kier alpha value is -1.49. The van der Waals surface area contributed by atoms with Gasteiger partial charge in [-0.3, -0.25) is 0 Å². The van der Waals surface area contributed by atoms with E-state index in [1.807, 2.05) is 13.8 Å². The zero-order chi connectivity index (χ0) is 12.6. The molecular weight excluding hydrogens is 213 g/mol. The molecule has 1 aliphatic rings. The molecule has 1 aromatic carbocycles. The second-order valence-electron chi connectivity index (χ2n) is 5.01. The molecule has 0 aromatic heterocycles. The van der Waals surface area contributed by atoms with E-state index >= 15 is 0 Å². The summed E-state index contributed by atoms with van der Waals surface area (Å²) in [4.78, 5) is 2.06. The average molecular weight is 229 g/mol. The van der Waals surface area contributed by atoms with Crippen LogP contribution in [0, 0.1) is 25.1 Å². The molecule has 2 rings (SSSR count). The van der Waals surface area contributed by atoms with Crippen molar-refractivity contribution in [2.75, 3.05) is 4.90 Å². The fourth-order valence-corrected chi connectivity index (χ4v) is 2.08. The third-order valence-electron chi connectivity index (χ3n) is 3.12. The minimum absolute atomic E-state index is 0.285. The standard InChI is InChI=1S/C15H16FN/c1-5-15(3,4)17(13-8-9-13)14-10-12(16)7-6-11(14)2/h1-2,6-7,10,13H,8-9H2,3-4H3. The minimum atomic E-state index is -0.455. The fraction of sp³-hybridized carbons (Fsp3) is 0.400. The molecule has 1 aliphatic carbocycles. The molecular formula is C15H16FN. The number of hydrogen-bond donors (Lipinski definition) is 0. The van der Waals surface area contributed by atoms with Crippen molar-refractivity contribution in [1.82, 2.24) is 0 Å². The van der Waals surface area contributed by atoms with Crippen molar-refractivity contribution in [2.45, 2.75) is 38.3 Å². The molecule has 0 spiro atoms. The van der Waals surface area contributed by atoms with Crippen LogP contribution in [0.1, 0.15) is 32.3 Å². The van der Waals surface area contributed by atoms with Crippen molar-refractivity contribution >= 4 is 5.69 Å². The maximum absolute atomic E-state index is 13.3. The van der Waals surface area contributed by atoms with Crippen LogP contribution >= 0.6 is 0 Å². The fourth-order valence-electron chi connectivity index (χ4n) is 2.08. The highest BCUT2D eigenvalue weighted by Gasteiger charge is 2.38. The summed E-state index contributed by atoms with van der Waals surface area (Å²) in [5.41, 5.74) is 0.820. The van der Waals surface area contributed by atoms with E-state index < -0.39 is 5.54 Å². The predicted molar refractivity (Wildman–Crippen MR) is 68.2 cm³/mol. The number of rotatable bonds is 3. The lowest BCUT2D eigenvalue weighted by Gasteiger charge is -2.38. The molecule has 17 heavy (non-hydrogen) atoms. The quantitative estimate of drug-likeness (QED) is 0.719. The van der Waals surface area contributed by atoms with Crippen LogP contribution < -0.4 is 4.90 Å². The van der Waals surface area contributed by atoms with Crippen molar-refractivity contribution in [2.24, 2.45) is 0 Å². The summed E-state index contributed by atoms with van der Waals surface area (Å²) < 4.78 is 13.3. The van der Waals surface area contributed by atoms with Gasteiger partial charge < -0.3 is 4.90 Å². The molecule has 0 bridgehead atoms. The summed E-state index contributed by atoms with van der Waals surface area (Å²) in [7, 11) is 0. The smallest absolute Gasteiger partial charge is 0.125 e. The Labute approximate surface area is 103 Å². The first-order valence-electron chi connectivity index (χ1n) is 5.78. The molecule has 1 fully saturated rings. The van der Waals surface area contributed by atoms with E-state index in [9.17, 15) is 4.39 Å². The van der Waals surface area contributed by atoms with Gasteiger partial charge in [-0.05, 0) is 44.4 Å². The second-order valence-corrected chi connectivity index (χ2v) is 5.01. The first kappa shape index (κ1) is 12.0. The molecule has 0 atom stereocenters. The van der Waals surface area contributed by atoms with Gasteiger partial charge in [0.05, 0.1) is 5.54 Å². The third-order valence-corrected chi connectivity index (χ3v) is 3.12. The topological polar surface area (TPSA) is 3.24 Å². The molecule has 1 nitrogen and oxygen atoms in total. The van der Waals surface area contributed by atoms with Crippen molar-refractivity contribution in [1.29, 1.82) is 0 Å². The SMILES string of the molecule is [CH]c1ccc(F)cc1N(C1CC1)C(C)(C)C#C. The highest BCUT2D eigenvalue weighted by atomic mass is 19.1. The molecule has 0 amide bonds. The van der Waals surface area contributed by atoms with Crippen LogP contribution in [0.5, 0.6) is 0 Å². The van der Waals surface area contributed by atoms with E-state index in [-0.39, 0.29) is 5.82 Å². The molecule has 1 saturated carbocycles. The molecule has 0 N–H and O–H groups in total. The third kappa shape index (κ3) is 2.29. The van der Waals surface area contributed by atoms with Crippen LogP contribution in [-0.4, -0.2) is 11.6 Å². The molecule has 0 aliphatic heterocycles. The summed E-state index contributed by atoms with van der Waals surface area (Å²) >= 11 is 0. The van der Waals surface area contributed by atoms with Gasteiger partial charge in [0.2, 0.25) is 0 Å². The molecule has 2 radical (unpaired) electrons. The lowest BCUT2D eigenvalue weighted by atomic mass is 10.0. The monoisotopic (exact) mass is 229 g/mol. The Bertz CT molecular complexity index is 466. The van der Waals surface area contributed by atoms with E-state index in [1.165, 1.54) is 12.1 Å².